The van der Waals surface area contributed by atoms with Gasteiger partial charge in [-0.2, -0.15) is 0 Å². The third kappa shape index (κ3) is 10.5. The van der Waals surface area contributed by atoms with E-state index in [0.29, 0.717) is 10.6 Å². The second kappa shape index (κ2) is 12.8. The average Bonchev–Trinajstić information content (AvgIpc) is 2.50. The minimum Gasteiger partial charge on any atom is -0.591 e. The Balaban J connectivity index is 0.000000322. The Morgan fingerprint density at radius 1 is 0.810 bits per heavy atom. The van der Waals surface area contributed by atoms with Crippen LogP contribution in [0.15, 0.2) is 60.7 Å². The van der Waals surface area contributed by atoms with E-state index in [9.17, 15) is 18.9 Å². The third-order valence-electron chi connectivity index (χ3n) is 1.93. The van der Waals surface area contributed by atoms with E-state index in [2.05, 4.69) is 23.2 Å². The van der Waals surface area contributed by atoms with E-state index in [1.54, 1.807) is 60.7 Å². The first-order chi connectivity index (χ1) is 10.0. The molecule has 2 unspecified atom stereocenters. The van der Waals surface area contributed by atoms with Crippen LogP contribution in [0.25, 0.3) is 0 Å². The second-order valence-corrected chi connectivity index (χ2v) is 6.47. The summed E-state index contributed by atoms with van der Waals surface area (Å²) in [6.07, 6.45) is 0. The van der Waals surface area contributed by atoms with Crippen molar-refractivity contribution in [1.82, 2.24) is 0 Å². The molecule has 0 amide bonds. The van der Waals surface area contributed by atoms with Crippen LogP contribution in [-0.2, 0) is 9.13 Å². The molecule has 2 atom stereocenters. The van der Waals surface area contributed by atoms with Crippen molar-refractivity contribution < 1.29 is 18.9 Å². The van der Waals surface area contributed by atoms with Gasteiger partial charge in [-0.3, -0.25) is 0 Å². The van der Waals surface area contributed by atoms with Crippen LogP contribution in [-0.4, -0.2) is 16.3 Å². The molecule has 0 bridgehead atoms. The summed E-state index contributed by atoms with van der Waals surface area (Å²) in [5, 5.41) is 1.90. The van der Waals surface area contributed by atoms with Crippen LogP contribution in [0.4, 0.5) is 0 Å². The van der Waals surface area contributed by atoms with Crippen LogP contribution in [0.2, 0.25) is 5.28 Å². The molecule has 0 heterocycles. The van der Waals surface area contributed by atoms with Crippen LogP contribution in [0.3, 0.4) is 0 Å². The zero-order valence-corrected chi connectivity index (χ0v) is 14.5. The van der Waals surface area contributed by atoms with E-state index in [1.807, 2.05) is 0 Å². The monoisotopic (exact) mass is 336 g/mol. The molecule has 2 aromatic rings. The van der Waals surface area contributed by atoms with Gasteiger partial charge < -0.3 is 9.79 Å². The number of benzene rings is 2. The van der Waals surface area contributed by atoms with Crippen LogP contribution in [0, 0.1) is 0 Å². The fraction of sp³-hybridized carbons (Fsp3) is 0.143. The molecule has 7 heteroatoms. The fourth-order valence-electron chi connectivity index (χ4n) is 1.10. The largest absolute Gasteiger partial charge is 0.591 e. The van der Waals surface area contributed by atoms with Crippen molar-refractivity contribution in [2.45, 2.75) is 12.2 Å². The first-order valence-electron chi connectivity index (χ1n) is 6.11. The molecule has 4 nitrogen and oxygen atoms in total. The maximum atomic E-state index is 10.2. The Morgan fingerprint density at radius 2 is 1.05 bits per heavy atom. The predicted molar refractivity (Wildman–Crippen MR) is 83.6 cm³/mol. The summed E-state index contributed by atoms with van der Waals surface area (Å²) in [5.41, 5.74) is 0. The van der Waals surface area contributed by atoms with Gasteiger partial charge in [-0.15, -0.1) is 0 Å². The zero-order chi connectivity index (χ0) is 16.1. The van der Waals surface area contributed by atoms with E-state index in [4.69, 9.17) is 0 Å². The Labute approximate surface area is 135 Å². The van der Waals surface area contributed by atoms with E-state index < -0.39 is 16.1 Å². The van der Waals surface area contributed by atoms with Crippen LogP contribution in [0.1, 0.15) is 6.92 Å². The van der Waals surface area contributed by atoms with Crippen molar-refractivity contribution in [2.75, 3.05) is 0 Å². The molecule has 0 aliphatic heterocycles. The topological polar surface area (TPSA) is 80.3 Å². The molecule has 106 valence electrons. The molecule has 0 aliphatic rings. The minimum absolute atomic E-state index is 0.368. The van der Waals surface area contributed by atoms with Crippen LogP contribution < -0.4 is 20.4 Å². The Kier molecular flexibility index (Phi) is 12.3. The van der Waals surface area contributed by atoms with Gasteiger partial charge in [0.1, 0.15) is 0 Å². The molecule has 0 spiro atoms. The Bertz CT molecular complexity index is 486. The Hall–Kier alpha value is -0.908. The summed E-state index contributed by atoms with van der Waals surface area (Å²) in [6, 6.07) is 16.6. The molecule has 0 saturated carbocycles. The molecule has 21 heavy (non-hydrogen) atoms. The smallest absolute Gasteiger partial charge is 0.348 e. The normalized spacial score (nSPS) is 10.3. The molecule has 2 rings (SSSR count). The first kappa shape index (κ1) is 20.1. The molecular weight excluding hydrogens is 321 g/mol. The summed E-state index contributed by atoms with van der Waals surface area (Å²) < 4.78 is 20.5. The van der Waals surface area contributed by atoms with E-state index in [-0.39, 0.29) is 0 Å². The maximum Gasteiger partial charge on any atom is 0.348 e. The average molecular weight is 336 g/mol. The van der Waals surface area contributed by atoms with Gasteiger partial charge >= 0.3 is 44.6 Å². The van der Waals surface area contributed by atoms with Gasteiger partial charge in [0.05, 0.1) is 0 Å². The molecule has 0 aromatic heterocycles. The number of hydrogen-bond donors (Lipinski definition) is 0. The summed E-state index contributed by atoms with van der Waals surface area (Å²) in [5.74, 6) is 0. The molecule has 0 fully saturated rings. The molecule has 2 aromatic carbocycles. The predicted octanol–water partition coefficient (Wildman–Crippen LogP) is 1.42. The van der Waals surface area contributed by atoms with Gasteiger partial charge in [0.25, 0.3) is 0 Å². The van der Waals surface area contributed by atoms with Gasteiger partial charge in [-0.1, -0.05) is 45.5 Å². The van der Waals surface area contributed by atoms with E-state index in [1.165, 1.54) is 5.28 Å². The summed E-state index contributed by atoms with van der Waals surface area (Å²) in [7, 11) is -4.79. The van der Waals surface area contributed by atoms with Gasteiger partial charge in [0, 0.05) is 0 Å². The van der Waals surface area contributed by atoms with Crippen molar-refractivity contribution in [3.63, 3.8) is 0 Å². The van der Waals surface area contributed by atoms with Crippen molar-refractivity contribution in [2.24, 2.45) is 0 Å². The van der Waals surface area contributed by atoms with Gasteiger partial charge in [0.15, 0.2) is 10.6 Å². The first-order valence-corrected chi connectivity index (χ1v) is 9.29. The van der Waals surface area contributed by atoms with Gasteiger partial charge in [-0.25, -0.2) is 0 Å². The molecule has 0 saturated heterocycles. The van der Waals surface area contributed by atoms with Crippen molar-refractivity contribution >= 4 is 43.0 Å². The summed E-state index contributed by atoms with van der Waals surface area (Å²) in [6.45, 7) is 2.09. The minimum atomic E-state index is -2.40. The van der Waals surface area contributed by atoms with Gasteiger partial charge in [0.2, 0.25) is 0 Å². The SMILES string of the molecule is C[CH2][Al+2].O=[P+]([O-])c1ccccc1.O=[P+]([O-])c1ccccc1. The molecule has 0 aliphatic carbocycles. The number of hydrogen-bond acceptors (Lipinski definition) is 4. The maximum absolute atomic E-state index is 10.2. The van der Waals surface area contributed by atoms with E-state index in [0.717, 1.165) is 0 Å². The molecular formula is C14H15AlO4P2+2. The summed E-state index contributed by atoms with van der Waals surface area (Å²) in [4.78, 5) is 20.5. The number of rotatable bonds is 2. The van der Waals surface area contributed by atoms with E-state index >= 15 is 0 Å². The standard InChI is InChI=1S/2C6H5O2P.C2H5.Al/c2*7-9(8)6-4-2-1-3-5-6;1-2;/h2*1-5H;1H2,2H3;/q;;;+2. The van der Waals surface area contributed by atoms with Gasteiger partial charge in [-0.05, 0) is 24.3 Å². The Morgan fingerprint density at radius 3 is 1.19 bits per heavy atom. The molecule has 0 N–H and O–H groups in total. The quantitative estimate of drug-likeness (QED) is 0.614. The molecule has 0 radical (unpaired) electrons. The fourth-order valence-corrected chi connectivity index (χ4v) is 1.93. The summed E-state index contributed by atoms with van der Waals surface area (Å²) >= 11 is 2.58. The zero-order valence-electron chi connectivity index (χ0n) is 11.6. The van der Waals surface area contributed by atoms with Crippen molar-refractivity contribution in [3.05, 3.63) is 60.7 Å². The second-order valence-electron chi connectivity index (χ2n) is 3.59. The van der Waals surface area contributed by atoms with Crippen molar-refractivity contribution in [1.29, 1.82) is 0 Å². The van der Waals surface area contributed by atoms with Crippen LogP contribution >= 0.6 is 16.1 Å². The van der Waals surface area contributed by atoms with Crippen LogP contribution in [0.5, 0.6) is 0 Å². The third-order valence-corrected chi connectivity index (χ3v) is 3.37. The van der Waals surface area contributed by atoms with Crippen molar-refractivity contribution in [3.8, 4) is 0 Å².